The zero-order valence-corrected chi connectivity index (χ0v) is 13.1. The quantitative estimate of drug-likeness (QED) is 0.617. The van der Waals surface area contributed by atoms with E-state index in [1.54, 1.807) is 48.5 Å². The van der Waals surface area contributed by atoms with E-state index in [0.717, 1.165) is 0 Å². The van der Waals surface area contributed by atoms with E-state index in [1.165, 1.54) is 6.92 Å². The van der Waals surface area contributed by atoms with Crippen molar-refractivity contribution in [3.63, 3.8) is 0 Å². The normalized spacial score (nSPS) is 11.4. The maximum atomic E-state index is 12.3. The predicted octanol–water partition coefficient (Wildman–Crippen LogP) is 1.71. The van der Waals surface area contributed by atoms with Crippen molar-refractivity contribution < 1.29 is 23.9 Å². The second-order valence-corrected chi connectivity index (χ2v) is 5.04. The van der Waals surface area contributed by atoms with E-state index in [-0.39, 0.29) is 12.4 Å². The molecule has 0 heterocycles. The molecule has 0 aliphatic rings. The van der Waals surface area contributed by atoms with Gasteiger partial charge in [-0.3, -0.25) is 9.59 Å². The molecule has 1 amide bonds. The minimum Gasteiger partial charge on any atom is -0.482 e. The number of ketones is 1. The number of ether oxygens (including phenoxy) is 2. The van der Waals surface area contributed by atoms with Crippen LogP contribution in [0.15, 0.2) is 54.6 Å². The van der Waals surface area contributed by atoms with Gasteiger partial charge in [-0.25, -0.2) is 4.79 Å². The lowest BCUT2D eigenvalue weighted by Gasteiger charge is -2.10. The van der Waals surface area contributed by atoms with Gasteiger partial charge in [0.05, 0.1) is 0 Å². The van der Waals surface area contributed by atoms with E-state index in [1.807, 2.05) is 6.07 Å². The minimum absolute atomic E-state index is 0.100. The molecule has 0 aliphatic heterocycles. The standard InChI is InChI=1S/C18H17NO5/c1-12(18(19)22)24-16(20)11-23-15-9-7-14(8-10-15)17(21)13-5-3-2-4-6-13/h2-10,12H,11H2,1H3,(H2,19,22)/t12-/m0/s1. The second-order valence-electron chi connectivity index (χ2n) is 5.04. The molecule has 24 heavy (non-hydrogen) atoms. The first-order valence-corrected chi connectivity index (χ1v) is 7.29. The van der Waals surface area contributed by atoms with Crippen LogP contribution in [0.2, 0.25) is 0 Å². The van der Waals surface area contributed by atoms with Crippen molar-refractivity contribution in [1.82, 2.24) is 0 Å². The zero-order chi connectivity index (χ0) is 17.5. The third-order valence-corrected chi connectivity index (χ3v) is 3.22. The Balaban J connectivity index is 1.92. The number of carbonyl (C=O) groups is 3. The van der Waals surface area contributed by atoms with Gasteiger partial charge in [0.15, 0.2) is 18.5 Å². The molecule has 124 valence electrons. The SMILES string of the molecule is C[C@H](OC(=O)COc1ccc(C(=O)c2ccccc2)cc1)C(N)=O. The van der Waals surface area contributed by atoms with E-state index in [4.69, 9.17) is 15.2 Å². The predicted molar refractivity (Wildman–Crippen MR) is 86.6 cm³/mol. The summed E-state index contributed by atoms with van der Waals surface area (Å²) in [6.07, 6.45) is -1.01. The van der Waals surface area contributed by atoms with Gasteiger partial charge in [-0.2, -0.15) is 0 Å². The monoisotopic (exact) mass is 327 g/mol. The fourth-order valence-electron chi connectivity index (χ4n) is 1.89. The van der Waals surface area contributed by atoms with Crippen molar-refractivity contribution in [2.24, 2.45) is 5.73 Å². The molecule has 0 spiro atoms. The largest absolute Gasteiger partial charge is 0.482 e. The van der Waals surface area contributed by atoms with Crippen LogP contribution in [-0.2, 0) is 14.3 Å². The van der Waals surface area contributed by atoms with Crippen molar-refractivity contribution in [2.75, 3.05) is 6.61 Å². The number of esters is 1. The molecule has 0 fully saturated rings. The fourth-order valence-corrected chi connectivity index (χ4v) is 1.89. The van der Waals surface area contributed by atoms with Crippen LogP contribution in [0.3, 0.4) is 0 Å². The first-order valence-electron chi connectivity index (χ1n) is 7.29. The summed E-state index contributed by atoms with van der Waals surface area (Å²) >= 11 is 0. The Morgan fingerprint density at radius 3 is 2.12 bits per heavy atom. The molecule has 0 saturated heterocycles. The maximum Gasteiger partial charge on any atom is 0.344 e. The van der Waals surface area contributed by atoms with Crippen LogP contribution in [0.1, 0.15) is 22.8 Å². The lowest BCUT2D eigenvalue weighted by molar-refractivity contribution is -0.155. The van der Waals surface area contributed by atoms with Gasteiger partial charge in [0.2, 0.25) is 0 Å². The van der Waals surface area contributed by atoms with E-state index >= 15 is 0 Å². The minimum atomic E-state index is -1.01. The number of hydrogen-bond donors (Lipinski definition) is 1. The summed E-state index contributed by atoms with van der Waals surface area (Å²) in [5.41, 5.74) is 6.10. The molecule has 0 unspecified atom stereocenters. The van der Waals surface area contributed by atoms with Gasteiger partial charge in [0.1, 0.15) is 5.75 Å². The molecule has 0 saturated carbocycles. The van der Waals surface area contributed by atoms with Gasteiger partial charge in [0.25, 0.3) is 5.91 Å². The van der Waals surface area contributed by atoms with Crippen molar-refractivity contribution >= 4 is 17.7 Å². The Morgan fingerprint density at radius 1 is 0.958 bits per heavy atom. The Hall–Kier alpha value is -3.15. The summed E-state index contributed by atoms with van der Waals surface area (Å²) in [5, 5.41) is 0. The third-order valence-electron chi connectivity index (χ3n) is 3.22. The molecule has 2 N–H and O–H groups in total. The van der Waals surface area contributed by atoms with Crippen molar-refractivity contribution in [1.29, 1.82) is 0 Å². The van der Waals surface area contributed by atoms with E-state index in [0.29, 0.717) is 16.9 Å². The number of benzene rings is 2. The molecule has 6 heteroatoms. The average molecular weight is 327 g/mol. The first-order chi connectivity index (χ1) is 11.5. The van der Waals surface area contributed by atoms with E-state index in [9.17, 15) is 14.4 Å². The van der Waals surface area contributed by atoms with Crippen LogP contribution >= 0.6 is 0 Å². The fraction of sp³-hybridized carbons (Fsp3) is 0.167. The molecular weight excluding hydrogens is 310 g/mol. The number of carbonyl (C=O) groups excluding carboxylic acids is 3. The van der Waals surface area contributed by atoms with Crippen LogP contribution in [0, 0.1) is 0 Å². The third kappa shape index (κ3) is 4.67. The molecule has 1 atom stereocenters. The van der Waals surface area contributed by atoms with Crippen LogP contribution in [-0.4, -0.2) is 30.4 Å². The van der Waals surface area contributed by atoms with Gasteiger partial charge in [0, 0.05) is 11.1 Å². The highest BCUT2D eigenvalue weighted by Crippen LogP contribution is 2.15. The maximum absolute atomic E-state index is 12.3. The Labute approximate surface area is 139 Å². The molecule has 0 radical (unpaired) electrons. The Kier molecular flexibility index (Phi) is 5.68. The zero-order valence-electron chi connectivity index (χ0n) is 13.1. The number of nitrogens with two attached hydrogens (primary N) is 1. The summed E-state index contributed by atoms with van der Waals surface area (Å²) in [6.45, 7) is 1.02. The number of hydrogen-bond acceptors (Lipinski definition) is 5. The highest BCUT2D eigenvalue weighted by Gasteiger charge is 2.15. The smallest absolute Gasteiger partial charge is 0.344 e. The molecule has 0 bridgehead atoms. The first kappa shape index (κ1) is 17.2. The summed E-state index contributed by atoms with van der Waals surface area (Å²) < 4.78 is 10.0. The van der Waals surface area contributed by atoms with Crippen LogP contribution in [0.5, 0.6) is 5.75 Å². The highest BCUT2D eigenvalue weighted by molar-refractivity contribution is 6.08. The average Bonchev–Trinajstić information content (AvgIpc) is 2.60. The van der Waals surface area contributed by atoms with E-state index < -0.39 is 18.0 Å². The summed E-state index contributed by atoms with van der Waals surface area (Å²) in [5.74, 6) is -1.13. The molecule has 2 rings (SSSR count). The van der Waals surface area contributed by atoms with Crippen LogP contribution < -0.4 is 10.5 Å². The molecule has 0 aromatic heterocycles. The molecule has 2 aromatic rings. The van der Waals surface area contributed by atoms with Gasteiger partial charge in [-0.05, 0) is 31.2 Å². The lowest BCUT2D eigenvalue weighted by atomic mass is 10.0. The van der Waals surface area contributed by atoms with Crippen molar-refractivity contribution in [3.05, 3.63) is 65.7 Å². The lowest BCUT2D eigenvalue weighted by Crippen LogP contribution is -2.32. The number of primary amides is 1. The van der Waals surface area contributed by atoms with Gasteiger partial charge < -0.3 is 15.2 Å². The number of rotatable bonds is 7. The van der Waals surface area contributed by atoms with Gasteiger partial charge in [-0.1, -0.05) is 30.3 Å². The topological polar surface area (TPSA) is 95.7 Å². The Morgan fingerprint density at radius 2 is 1.54 bits per heavy atom. The van der Waals surface area contributed by atoms with Crippen molar-refractivity contribution in [3.8, 4) is 5.75 Å². The van der Waals surface area contributed by atoms with Crippen molar-refractivity contribution in [2.45, 2.75) is 13.0 Å². The second kappa shape index (κ2) is 7.92. The molecule has 0 aliphatic carbocycles. The Bertz CT molecular complexity index is 725. The molecular formula is C18H17NO5. The van der Waals surface area contributed by atoms with Crippen LogP contribution in [0.4, 0.5) is 0 Å². The van der Waals surface area contributed by atoms with E-state index in [2.05, 4.69) is 0 Å². The number of amides is 1. The summed E-state index contributed by atoms with van der Waals surface area (Å²) in [4.78, 5) is 34.5. The highest BCUT2D eigenvalue weighted by atomic mass is 16.6. The van der Waals surface area contributed by atoms with Gasteiger partial charge >= 0.3 is 5.97 Å². The summed E-state index contributed by atoms with van der Waals surface area (Å²) in [6, 6.07) is 15.3. The molecule has 6 nitrogen and oxygen atoms in total. The van der Waals surface area contributed by atoms with Crippen LogP contribution in [0.25, 0.3) is 0 Å². The summed E-state index contributed by atoms with van der Waals surface area (Å²) in [7, 11) is 0. The van der Waals surface area contributed by atoms with Gasteiger partial charge in [-0.15, -0.1) is 0 Å². The molecule has 2 aromatic carbocycles.